The van der Waals surface area contributed by atoms with Crippen molar-refractivity contribution in [1.82, 2.24) is 14.9 Å². The number of carbonyl (C=O) groups is 2. The van der Waals surface area contributed by atoms with E-state index in [4.69, 9.17) is 11.6 Å². The quantitative estimate of drug-likeness (QED) is 0.430. The van der Waals surface area contributed by atoms with Crippen molar-refractivity contribution in [2.45, 2.75) is 24.6 Å². The van der Waals surface area contributed by atoms with Gasteiger partial charge in [-0.15, -0.1) is 8.78 Å². The Morgan fingerprint density at radius 1 is 1.31 bits per heavy atom. The van der Waals surface area contributed by atoms with Gasteiger partial charge in [-0.3, -0.25) is 9.59 Å². The number of hydrogen-bond donors (Lipinski definition) is 3. The number of nitrogens with one attached hydrogen (secondary N) is 2. The molecule has 0 unspecified atom stereocenters. The number of aliphatic hydroxyl groups excluding tert-OH is 1. The number of β-amino-alcohol motifs (C(OH)–C–C–N with tert-alkyl or cyclic N) is 1. The van der Waals surface area contributed by atoms with Crippen LogP contribution in [0, 0.1) is 0 Å². The molecule has 9 nitrogen and oxygen atoms in total. The summed E-state index contributed by atoms with van der Waals surface area (Å²) >= 11 is 4.77. The van der Waals surface area contributed by atoms with Gasteiger partial charge >= 0.3 is 5.57 Å². The number of H-pyrrole nitrogens is 1. The van der Waals surface area contributed by atoms with Gasteiger partial charge in [0.2, 0.25) is 0 Å². The van der Waals surface area contributed by atoms with Gasteiger partial charge in [-0.25, -0.2) is 4.98 Å². The number of nitrogens with zero attached hydrogens (tertiary/aromatic N) is 3. The molecular weight excluding hydrogens is 496 g/mol. The van der Waals surface area contributed by atoms with Crippen molar-refractivity contribution in [2.75, 3.05) is 30.4 Å². The lowest BCUT2D eigenvalue weighted by atomic mass is 10.1. The van der Waals surface area contributed by atoms with Crippen molar-refractivity contribution in [2.24, 2.45) is 0 Å². The summed E-state index contributed by atoms with van der Waals surface area (Å²) in [6.07, 6.45) is 1.56. The van der Waals surface area contributed by atoms with E-state index in [1.54, 1.807) is 18.0 Å². The van der Waals surface area contributed by atoms with Crippen molar-refractivity contribution < 1.29 is 28.2 Å². The molecule has 36 heavy (non-hydrogen) atoms. The topological polar surface area (TPSA) is 111 Å². The lowest BCUT2D eigenvalue weighted by Crippen LogP contribution is -2.23. The van der Waals surface area contributed by atoms with Gasteiger partial charge in [0.1, 0.15) is 17.3 Å². The second kappa shape index (κ2) is 9.07. The van der Waals surface area contributed by atoms with E-state index >= 15 is 0 Å². The highest BCUT2D eigenvalue weighted by molar-refractivity contribution is 6.20. The third-order valence-corrected chi connectivity index (χ3v) is 6.17. The summed E-state index contributed by atoms with van der Waals surface area (Å²) in [6.45, 7) is 1.49. The minimum absolute atomic E-state index is 0.115. The van der Waals surface area contributed by atoms with Gasteiger partial charge in [-0.2, -0.15) is 0 Å². The van der Waals surface area contributed by atoms with Crippen LogP contribution in [0.4, 0.5) is 20.3 Å². The molecule has 2 aliphatic rings. The summed E-state index contributed by atoms with van der Waals surface area (Å²) in [5, 5.41) is 12.7. The molecule has 12 heteroatoms. The zero-order valence-corrected chi connectivity index (χ0v) is 19.9. The average Bonchev–Trinajstić information content (AvgIpc) is 3.50. The van der Waals surface area contributed by atoms with E-state index in [2.05, 4.69) is 20.0 Å². The largest absolute Gasteiger partial charge is 0.487 e. The number of pyridine rings is 1. The second-order valence-electron chi connectivity index (χ2n) is 8.75. The highest BCUT2D eigenvalue weighted by Crippen LogP contribution is 2.35. The lowest BCUT2D eigenvalue weighted by molar-refractivity contribution is -0.0964. The average molecular weight is 518 g/mol. The van der Waals surface area contributed by atoms with Crippen molar-refractivity contribution in [3.8, 4) is 17.0 Å². The molecule has 4 heterocycles. The predicted molar refractivity (Wildman–Crippen MR) is 128 cm³/mol. The van der Waals surface area contributed by atoms with Crippen molar-refractivity contribution in [3.05, 3.63) is 59.4 Å². The number of rotatable bonds is 6. The number of carbonyl (C=O) groups excluding carboxylic acids is 2. The Kier molecular flexibility index (Phi) is 6.05. The first-order valence-corrected chi connectivity index (χ1v) is 11.5. The van der Waals surface area contributed by atoms with E-state index in [0.29, 0.717) is 54.5 Å². The molecule has 2 amide bonds. The van der Waals surface area contributed by atoms with Gasteiger partial charge in [0.25, 0.3) is 11.8 Å². The van der Waals surface area contributed by atoms with Crippen LogP contribution in [0.25, 0.3) is 11.3 Å². The van der Waals surface area contributed by atoms with Crippen LogP contribution in [0.2, 0.25) is 0 Å². The van der Waals surface area contributed by atoms with E-state index in [1.807, 2.05) is 11.0 Å². The first kappa shape index (κ1) is 24.0. The summed E-state index contributed by atoms with van der Waals surface area (Å²) in [4.78, 5) is 36.6. The van der Waals surface area contributed by atoms with E-state index in [1.165, 1.54) is 30.5 Å². The van der Waals surface area contributed by atoms with Crippen LogP contribution >= 0.6 is 11.6 Å². The number of aromatic nitrogens is 2. The summed E-state index contributed by atoms with van der Waals surface area (Å²) in [5.74, 6) is -0.153. The Hall–Kier alpha value is -3.70. The summed E-state index contributed by atoms with van der Waals surface area (Å²) in [5.41, 5.74) is -0.620. The number of amides is 2. The molecule has 3 aromatic rings. The van der Waals surface area contributed by atoms with Crippen LogP contribution < -0.4 is 15.0 Å². The highest BCUT2D eigenvalue weighted by atomic mass is 35.5. The van der Waals surface area contributed by atoms with Crippen LogP contribution in [0.5, 0.6) is 5.75 Å². The third kappa shape index (κ3) is 4.84. The van der Waals surface area contributed by atoms with Crippen LogP contribution in [-0.2, 0) is 6.54 Å². The zero-order valence-electron chi connectivity index (χ0n) is 19.1. The predicted octanol–water partition coefficient (Wildman–Crippen LogP) is 3.65. The molecule has 1 fully saturated rings. The molecule has 0 aliphatic carbocycles. The summed E-state index contributed by atoms with van der Waals surface area (Å²) in [7, 11) is 1.72. The number of fused-ring (bicyclic) bond motifs is 1. The van der Waals surface area contributed by atoms with E-state index < -0.39 is 17.6 Å². The van der Waals surface area contributed by atoms with E-state index in [-0.39, 0.29) is 17.2 Å². The first-order valence-electron chi connectivity index (χ1n) is 11.2. The SMILES string of the molecule is CN1Cc2cc(-c3cc(C(=O)Nc4ccc(OC(F)(F)Cl)cc4)cnc3N3CC[C@H](O)C3)[nH]c2C1=O. The molecule has 0 radical (unpaired) electrons. The van der Waals surface area contributed by atoms with Crippen molar-refractivity contribution in [3.63, 3.8) is 0 Å². The molecule has 2 aliphatic heterocycles. The van der Waals surface area contributed by atoms with Crippen molar-refractivity contribution in [1.29, 1.82) is 0 Å². The van der Waals surface area contributed by atoms with E-state index in [0.717, 1.165) is 5.56 Å². The van der Waals surface area contributed by atoms with Crippen LogP contribution in [0.15, 0.2) is 42.6 Å². The summed E-state index contributed by atoms with van der Waals surface area (Å²) < 4.78 is 29.9. The Balaban J connectivity index is 1.43. The van der Waals surface area contributed by atoms with Gasteiger partial charge < -0.3 is 29.9 Å². The van der Waals surface area contributed by atoms with E-state index in [9.17, 15) is 23.5 Å². The number of anilines is 2. The molecule has 188 valence electrons. The third-order valence-electron chi connectivity index (χ3n) is 6.10. The van der Waals surface area contributed by atoms with Gasteiger partial charge in [0.15, 0.2) is 0 Å². The van der Waals surface area contributed by atoms with Crippen molar-refractivity contribution >= 4 is 34.9 Å². The maximum absolute atomic E-state index is 13.0. The number of ether oxygens (including phenoxy) is 1. The van der Waals surface area contributed by atoms with Gasteiger partial charge in [0, 0.05) is 61.3 Å². The number of aromatic amines is 1. The molecule has 1 atom stereocenters. The Labute approximate surface area is 209 Å². The monoisotopic (exact) mass is 517 g/mol. The van der Waals surface area contributed by atoms with Crippen LogP contribution in [-0.4, -0.2) is 63.6 Å². The molecule has 1 aromatic carbocycles. The minimum atomic E-state index is -3.84. The fourth-order valence-electron chi connectivity index (χ4n) is 4.39. The standard InChI is InChI=1S/C24H22ClF2N5O4/c1-31-11-14-9-19(30-20(14)23(31)35)18-8-13(10-28-21(18)32-7-6-16(33)12-32)22(34)29-15-2-4-17(5-3-15)36-24(25,26)27/h2-5,8-10,16,30,33H,6-7,11-12H2,1H3,(H,29,34)/t16-/m0/s1. The molecule has 0 bridgehead atoms. The van der Waals surface area contributed by atoms with Crippen LogP contribution in [0.3, 0.4) is 0 Å². The van der Waals surface area contributed by atoms with Gasteiger partial charge in [-0.05, 0) is 42.8 Å². The zero-order chi connectivity index (χ0) is 25.6. The number of benzene rings is 1. The minimum Gasteiger partial charge on any atom is -0.420 e. The first-order chi connectivity index (χ1) is 17.1. The number of hydrogen-bond acceptors (Lipinski definition) is 6. The molecule has 3 N–H and O–H groups in total. The molecule has 5 rings (SSSR count). The normalized spacial score (nSPS) is 17.5. The molecule has 0 spiro atoms. The Morgan fingerprint density at radius 3 is 2.69 bits per heavy atom. The maximum Gasteiger partial charge on any atom is 0.487 e. The highest BCUT2D eigenvalue weighted by Gasteiger charge is 2.30. The lowest BCUT2D eigenvalue weighted by Gasteiger charge is -2.20. The summed E-state index contributed by atoms with van der Waals surface area (Å²) in [6, 6.07) is 8.86. The molecule has 1 saturated heterocycles. The second-order valence-corrected chi connectivity index (χ2v) is 9.19. The maximum atomic E-state index is 13.0. The number of aliphatic hydroxyl groups is 1. The number of alkyl halides is 3. The Bertz CT molecular complexity index is 1330. The van der Waals surface area contributed by atoms with Gasteiger partial charge in [-0.1, -0.05) is 0 Å². The fraction of sp³-hybridized carbons (Fsp3) is 0.292. The van der Waals surface area contributed by atoms with Crippen LogP contribution in [0.1, 0.15) is 32.8 Å². The molecular formula is C24H22ClF2N5O4. The molecule has 0 saturated carbocycles. The van der Waals surface area contributed by atoms with Gasteiger partial charge in [0.05, 0.1) is 17.4 Å². The Morgan fingerprint density at radius 2 is 2.06 bits per heavy atom. The molecule has 2 aromatic heterocycles. The smallest absolute Gasteiger partial charge is 0.420 e. The fourth-order valence-corrected chi connectivity index (χ4v) is 4.47. The number of halogens is 3.